The summed E-state index contributed by atoms with van der Waals surface area (Å²) >= 11 is 0. The lowest BCUT2D eigenvalue weighted by Gasteiger charge is -2.26. The summed E-state index contributed by atoms with van der Waals surface area (Å²) < 4.78 is 0. The number of fused-ring (bicyclic) bond motifs is 2. The molecule has 2 saturated carbocycles. The first-order chi connectivity index (χ1) is 9.15. The van der Waals surface area contributed by atoms with Gasteiger partial charge in [0.05, 0.1) is 5.92 Å². The van der Waals surface area contributed by atoms with Crippen LogP contribution in [0.15, 0.2) is 30.3 Å². The molecule has 0 spiro atoms. The maximum Gasteiger partial charge on any atom is 0.306 e. The highest BCUT2D eigenvalue weighted by atomic mass is 16.4. The van der Waals surface area contributed by atoms with Crippen molar-refractivity contribution in [2.45, 2.75) is 25.3 Å². The van der Waals surface area contributed by atoms with Gasteiger partial charge in [-0.05, 0) is 43.2 Å². The van der Waals surface area contributed by atoms with E-state index in [-0.39, 0.29) is 23.8 Å². The molecule has 0 radical (unpaired) electrons. The summed E-state index contributed by atoms with van der Waals surface area (Å²) in [5.41, 5.74) is 0.667. The fourth-order valence-corrected chi connectivity index (χ4v) is 3.60. The fourth-order valence-electron chi connectivity index (χ4n) is 3.60. The third kappa shape index (κ3) is 2.23. The van der Waals surface area contributed by atoms with Gasteiger partial charge in [-0.2, -0.15) is 0 Å². The Labute approximate surface area is 111 Å². The number of carbonyl (C=O) groups is 2. The van der Waals surface area contributed by atoms with E-state index in [1.54, 1.807) is 12.1 Å². The molecule has 1 amide bonds. The molecule has 1 aromatic rings. The number of carboxylic acid groups (broad SMARTS) is 1. The second kappa shape index (κ2) is 4.68. The molecule has 2 aliphatic rings. The average molecular weight is 259 g/mol. The third-order valence-electron chi connectivity index (χ3n) is 4.53. The zero-order valence-electron chi connectivity index (χ0n) is 10.6. The zero-order chi connectivity index (χ0) is 13.4. The van der Waals surface area contributed by atoms with Crippen LogP contribution in [0.25, 0.3) is 0 Å². The number of benzene rings is 1. The molecule has 4 heteroatoms. The molecular weight excluding hydrogens is 242 g/mol. The van der Waals surface area contributed by atoms with Gasteiger partial charge >= 0.3 is 5.97 Å². The van der Waals surface area contributed by atoms with Crippen molar-refractivity contribution in [2.24, 2.45) is 17.8 Å². The highest BCUT2D eigenvalue weighted by Gasteiger charge is 2.49. The summed E-state index contributed by atoms with van der Waals surface area (Å²) in [6, 6.07) is 9.30. The number of carboxylic acids is 1. The van der Waals surface area contributed by atoms with Gasteiger partial charge in [0.2, 0.25) is 0 Å². The molecule has 4 atom stereocenters. The quantitative estimate of drug-likeness (QED) is 0.871. The van der Waals surface area contributed by atoms with E-state index in [4.69, 9.17) is 5.11 Å². The van der Waals surface area contributed by atoms with Gasteiger partial charge in [-0.1, -0.05) is 18.2 Å². The van der Waals surface area contributed by atoms with Gasteiger partial charge < -0.3 is 10.4 Å². The molecular formula is C15H17NO3. The SMILES string of the molecule is O=C(N[C@@H]1C[C@H]2C[C@@H]1C[C@H]2C(=O)O)c1ccccc1. The maximum absolute atomic E-state index is 12.1. The number of hydrogen-bond acceptors (Lipinski definition) is 2. The van der Waals surface area contributed by atoms with Crippen molar-refractivity contribution in [2.75, 3.05) is 0 Å². The molecule has 0 heterocycles. The normalized spacial score (nSPS) is 32.2. The Morgan fingerprint density at radius 2 is 1.79 bits per heavy atom. The summed E-state index contributed by atoms with van der Waals surface area (Å²) in [5, 5.41) is 12.1. The molecule has 2 aliphatic carbocycles. The number of hydrogen-bond donors (Lipinski definition) is 2. The van der Waals surface area contributed by atoms with Crippen LogP contribution >= 0.6 is 0 Å². The van der Waals surface area contributed by atoms with Crippen molar-refractivity contribution in [1.82, 2.24) is 5.32 Å². The van der Waals surface area contributed by atoms with E-state index >= 15 is 0 Å². The Kier molecular flexibility index (Phi) is 3.01. The molecule has 4 nitrogen and oxygen atoms in total. The van der Waals surface area contributed by atoms with Gasteiger partial charge in [-0.3, -0.25) is 9.59 Å². The Morgan fingerprint density at radius 3 is 2.37 bits per heavy atom. The standard InChI is InChI=1S/C15H17NO3/c17-14(9-4-2-1-3-5-9)16-13-8-10-6-11(13)7-12(10)15(18)19/h1-5,10-13H,6-8H2,(H,16,17)(H,18,19)/t10-,11-,12-,13-/m1/s1. The van der Waals surface area contributed by atoms with E-state index in [0.717, 1.165) is 12.8 Å². The fraction of sp³-hybridized carbons (Fsp3) is 0.467. The Hall–Kier alpha value is -1.84. The van der Waals surface area contributed by atoms with Gasteiger partial charge in [0.25, 0.3) is 5.91 Å². The summed E-state index contributed by atoms with van der Waals surface area (Å²) in [6.45, 7) is 0. The number of rotatable bonds is 3. The van der Waals surface area contributed by atoms with Gasteiger partial charge in [-0.25, -0.2) is 0 Å². The second-order valence-corrected chi connectivity index (χ2v) is 5.62. The van der Waals surface area contributed by atoms with Crippen LogP contribution < -0.4 is 5.32 Å². The first kappa shape index (κ1) is 12.2. The van der Waals surface area contributed by atoms with Gasteiger partial charge in [0.1, 0.15) is 0 Å². The lowest BCUT2D eigenvalue weighted by molar-refractivity contribution is -0.143. The minimum Gasteiger partial charge on any atom is -0.481 e. The average Bonchev–Trinajstić information content (AvgIpc) is 2.99. The number of nitrogens with one attached hydrogen (secondary N) is 1. The third-order valence-corrected chi connectivity index (χ3v) is 4.53. The van der Waals surface area contributed by atoms with Crippen LogP contribution in [-0.4, -0.2) is 23.0 Å². The van der Waals surface area contributed by atoms with Crippen molar-refractivity contribution >= 4 is 11.9 Å². The van der Waals surface area contributed by atoms with Crippen molar-refractivity contribution < 1.29 is 14.7 Å². The van der Waals surface area contributed by atoms with Crippen LogP contribution in [0.4, 0.5) is 0 Å². The van der Waals surface area contributed by atoms with Crippen LogP contribution in [0.5, 0.6) is 0 Å². The van der Waals surface area contributed by atoms with Crippen LogP contribution in [0.1, 0.15) is 29.6 Å². The lowest BCUT2D eigenvalue weighted by atomic mass is 9.86. The van der Waals surface area contributed by atoms with Crippen molar-refractivity contribution in [3.8, 4) is 0 Å². The number of aliphatic carboxylic acids is 1. The molecule has 0 unspecified atom stereocenters. The molecule has 0 saturated heterocycles. The number of amides is 1. The maximum atomic E-state index is 12.1. The van der Waals surface area contributed by atoms with E-state index in [0.29, 0.717) is 17.9 Å². The highest BCUT2D eigenvalue weighted by molar-refractivity contribution is 5.94. The molecule has 19 heavy (non-hydrogen) atoms. The molecule has 2 N–H and O–H groups in total. The Morgan fingerprint density at radius 1 is 1.05 bits per heavy atom. The van der Waals surface area contributed by atoms with Crippen molar-refractivity contribution in [3.63, 3.8) is 0 Å². The monoisotopic (exact) mass is 259 g/mol. The van der Waals surface area contributed by atoms with Gasteiger partial charge in [0.15, 0.2) is 0 Å². The van der Waals surface area contributed by atoms with E-state index in [2.05, 4.69) is 5.32 Å². The summed E-state index contributed by atoms with van der Waals surface area (Å²) in [6.07, 6.45) is 2.46. The molecule has 2 bridgehead atoms. The topological polar surface area (TPSA) is 66.4 Å². The molecule has 2 fully saturated rings. The first-order valence-electron chi connectivity index (χ1n) is 6.74. The van der Waals surface area contributed by atoms with Crippen LogP contribution in [0, 0.1) is 17.8 Å². The molecule has 0 aromatic heterocycles. The van der Waals surface area contributed by atoms with Crippen molar-refractivity contribution in [1.29, 1.82) is 0 Å². The van der Waals surface area contributed by atoms with E-state index in [1.165, 1.54) is 0 Å². The largest absolute Gasteiger partial charge is 0.481 e. The van der Waals surface area contributed by atoms with Crippen LogP contribution in [0.2, 0.25) is 0 Å². The van der Waals surface area contributed by atoms with Gasteiger partial charge in [-0.15, -0.1) is 0 Å². The minimum absolute atomic E-state index is 0.0509. The van der Waals surface area contributed by atoms with E-state index < -0.39 is 5.97 Å². The predicted octanol–water partition coefficient (Wildman–Crippen LogP) is 1.92. The Bertz CT molecular complexity index is 499. The zero-order valence-corrected chi connectivity index (χ0v) is 10.6. The second-order valence-electron chi connectivity index (χ2n) is 5.62. The van der Waals surface area contributed by atoms with Crippen molar-refractivity contribution in [3.05, 3.63) is 35.9 Å². The van der Waals surface area contributed by atoms with Crippen LogP contribution in [0.3, 0.4) is 0 Å². The van der Waals surface area contributed by atoms with Gasteiger partial charge in [0, 0.05) is 11.6 Å². The lowest BCUT2D eigenvalue weighted by Crippen LogP contribution is -2.40. The molecule has 1 aromatic carbocycles. The Balaban J connectivity index is 1.62. The van der Waals surface area contributed by atoms with E-state index in [1.807, 2.05) is 18.2 Å². The number of carbonyl (C=O) groups excluding carboxylic acids is 1. The molecule has 3 rings (SSSR count). The summed E-state index contributed by atoms with van der Waals surface area (Å²) in [5.74, 6) is -0.359. The smallest absolute Gasteiger partial charge is 0.306 e. The predicted molar refractivity (Wildman–Crippen MR) is 69.7 cm³/mol. The molecule has 100 valence electrons. The molecule has 0 aliphatic heterocycles. The van der Waals surface area contributed by atoms with Crippen LogP contribution in [-0.2, 0) is 4.79 Å². The minimum atomic E-state index is -0.680. The van der Waals surface area contributed by atoms with E-state index in [9.17, 15) is 9.59 Å². The summed E-state index contributed by atoms with van der Waals surface area (Å²) in [4.78, 5) is 23.1. The highest BCUT2D eigenvalue weighted by Crippen LogP contribution is 2.48. The first-order valence-corrected chi connectivity index (χ1v) is 6.74. The summed E-state index contributed by atoms with van der Waals surface area (Å²) in [7, 11) is 0.